The molecular formula is C20H27N7S. The summed E-state index contributed by atoms with van der Waals surface area (Å²) in [5.74, 6) is 1.66. The maximum Gasteiger partial charge on any atom is 0.228 e. The lowest BCUT2D eigenvalue weighted by molar-refractivity contribution is 0.579. The van der Waals surface area contributed by atoms with Gasteiger partial charge in [0.2, 0.25) is 5.95 Å². The SMILES string of the molecule is CC.CC#N.c1ccc(CSc2nc(N3CCNCC3)nc3nc[nH]c23)cc1. The van der Waals surface area contributed by atoms with Crippen LogP contribution < -0.4 is 10.2 Å². The van der Waals surface area contributed by atoms with Crippen molar-refractivity contribution in [1.29, 1.82) is 5.26 Å². The molecule has 0 radical (unpaired) electrons. The molecule has 0 saturated carbocycles. The molecule has 0 amide bonds. The number of H-pyrrole nitrogens is 1. The van der Waals surface area contributed by atoms with Gasteiger partial charge in [-0.1, -0.05) is 55.9 Å². The first-order valence-corrected chi connectivity index (χ1v) is 10.4. The number of hydrogen-bond donors (Lipinski definition) is 2. The minimum absolute atomic E-state index is 0.740. The molecule has 1 saturated heterocycles. The van der Waals surface area contributed by atoms with E-state index in [2.05, 4.69) is 49.4 Å². The van der Waals surface area contributed by atoms with E-state index in [0.29, 0.717) is 0 Å². The van der Waals surface area contributed by atoms with Crippen LogP contribution in [0.25, 0.3) is 11.2 Å². The van der Waals surface area contributed by atoms with Crippen molar-refractivity contribution >= 4 is 28.9 Å². The number of aromatic nitrogens is 4. The van der Waals surface area contributed by atoms with Crippen LogP contribution >= 0.6 is 11.8 Å². The van der Waals surface area contributed by atoms with Gasteiger partial charge in [0, 0.05) is 38.9 Å². The molecular weight excluding hydrogens is 370 g/mol. The van der Waals surface area contributed by atoms with Crippen molar-refractivity contribution in [3.8, 4) is 6.07 Å². The van der Waals surface area contributed by atoms with E-state index in [9.17, 15) is 0 Å². The fourth-order valence-corrected chi connectivity index (χ4v) is 3.57. The molecule has 1 aliphatic rings. The highest BCUT2D eigenvalue weighted by Gasteiger charge is 2.17. The molecule has 1 aliphatic heterocycles. The summed E-state index contributed by atoms with van der Waals surface area (Å²) in [5.41, 5.74) is 2.95. The van der Waals surface area contributed by atoms with E-state index >= 15 is 0 Å². The van der Waals surface area contributed by atoms with Gasteiger partial charge in [-0.15, -0.1) is 0 Å². The maximum absolute atomic E-state index is 7.32. The third-order valence-electron chi connectivity index (χ3n) is 3.86. The van der Waals surface area contributed by atoms with Gasteiger partial charge in [0.15, 0.2) is 5.65 Å². The minimum atomic E-state index is 0.740. The number of imidazole rings is 1. The maximum atomic E-state index is 7.32. The van der Waals surface area contributed by atoms with Crippen LogP contribution in [0.2, 0.25) is 0 Å². The molecule has 148 valence electrons. The molecule has 0 spiro atoms. The van der Waals surface area contributed by atoms with Crippen molar-refractivity contribution in [2.45, 2.75) is 31.6 Å². The van der Waals surface area contributed by atoms with Crippen LogP contribution in [0.15, 0.2) is 41.7 Å². The zero-order valence-electron chi connectivity index (χ0n) is 16.6. The van der Waals surface area contributed by atoms with Gasteiger partial charge in [-0.25, -0.2) is 9.97 Å². The first kappa shape index (κ1) is 21.7. The largest absolute Gasteiger partial charge is 0.341 e. The molecule has 0 unspecified atom stereocenters. The van der Waals surface area contributed by atoms with E-state index in [1.807, 2.05) is 19.9 Å². The molecule has 1 aromatic carbocycles. The molecule has 0 aliphatic carbocycles. The quantitative estimate of drug-likeness (QED) is 0.513. The Morgan fingerprint density at radius 1 is 1.14 bits per heavy atom. The monoisotopic (exact) mass is 397 g/mol. The lowest BCUT2D eigenvalue weighted by Crippen LogP contribution is -2.44. The summed E-state index contributed by atoms with van der Waals surface area (Å²) in [6.07, 6.45) is 1.69. The molecule has 8 heteroatoms. The average Bonchev–Trinajstić information content (AvgIpc) is 3.24. The second-order valence-corrected chi connectivity index (χ2v) is 6.63. The Labute approximate surface area is 170 Å². The summed E-state index contributed by atoms with van der Waals surface area (Å²) >= 11 is 1.72. The van der Waals surface area contributed by atoms with Crippen LogP contribution in [-0.4, -0.2) is 46.1 Å². The Hall–Kier alpha value is -2.63. The van der Waals surface area contributed by atoms with Gasteiger partial charge < -0.3 is 15.2 Å². The van der Waals surface area contributed by atoms with Crippen molar-refractivity contribution in [3.63, 3.8) is 0 Å². The highest BCUT2D eigenvalue weighted by atomic mass is 32.2. The van der Waals surface area contributed by atoms with E-state index < -0.39 is 0 Å². The van der Waals surface area contributed by atoms with Gasteiger partial charge in [-0.3, -0.25) is 0 Å². The molecule has 1 fully saturated rings. The van der Waals surface area contributed by atoms with E-state index in [4.69, 9.17) is 10.2 Å². The lowest BCUT2D eigenvalue weighted by Gasteiger charge is -2.27. The third-order valence-corrected chi connectivity index (χ3v) is 4.91. The lowest BCUT2D eigenvalue weighted by atomic mass is 10.2. The molecule has 0 bridgehead atoms. The predicted molar refractivity (Wildman–Crippen MR) is 115 cm³/mol. The first-order valence-electron chi connectivity index (χ1n) is 9.46. The van der Waals surface area contributed by atoms with Gasteiger partial charge in [0.05, 0.1) is 12.4 Å². The fraction of sp³-hybridized carbons (Fsp3) is 0.400. The van der Waals surface area contributed by atoms with Crippen molar-refractivity contribution in [2.24, 2.45) is 0 Å². The van der Waals surface area contributed by atoms with Gasteiger partial charge in [0.1, 0.15) is 10.5 Å². The topological polar surface area (TPSA) is 93.5 Å². The number of rotatable bonds is 4. The fourth-order valence-electron chi connectivity index (χ4n) is 2.63. The van der Waals surface area contributed by atoms with Crippen molar-refractivity contribution in [3.05, 3.63) is 42.2 Å². The summed E-state index contributed by atoms with van der Waals surface area (Å²) in [6.45, 7) is 9.22. The number of nitriles is 1. The van der Waals surface area contributed by atoms with Crippen LogP contribution in [0, 0.1) is 11.3 Å². The van der Waals surface area contributed by atoms with E-state index in [1.165, 1.54) is 12.5 Å². The summed E-state index contributed by atoms with van der Waals surface area (Å²) in [5, 5.41) is 11.6. The minimum Gasteiger partial charge on any atom is -0.341 e. The molecule has 2 N–H and O–H groups in total. The number of benzene rings is 1. The first-order chi connectivity index (χ1) is 13.8. The number of aromatic amines is 1. The molecule has 28 heavy (non-hydrogen) atoms. The number of hydrogen-bond acceptors (Lipinski definition) is 7. The van der Waals surface area contributed by atoms with Crippen molar-refractivity contribution in [1.82, 2.24) is 25.3 Å². The Morgan fingerprint density at radius 2 is 1.82 bits per heavy atom. The van der Waals surface area contributed by atoms with Crippen molar-refractivity contribution in [2.75, 3.05) is 31.1 Å². The number of anilines is 1. The zero-order valence-corrected chi connectivity index (χ0v) is 17.5. The van der Waals surface area contributed by atoms with Gasteiger partial charge >= 0.3 is 0 Å². The van der Waals surface area contributed by atoms with Crippen LogP contribution in [-0.2, 0) is 5.75 Å². The van der Waals surface area contributed by atoms with Crippen LogP contribution in [0.5, 0.6) is 0 Å². The average molecular weight is 398 g/mol. The Bertz CT molecular complexity index is 867. The Balaban J connectivity index is 0.000000514. The third kappa shape index (κ3) is 5.94. The number of nitrogens with one attached hydrogen (secondary N) is 2. The molecule has 0 atom stereocenters. The normalized spacial score (nSPS) is 13.0. The molecule has 2 aromatic heterocycles. The number of piperazine rings is 1. The standard InChI is InChI=1S/C16H18N6S.C2H3N.C2H6/c1-2-4-12(5-3-1)10-23-15-13-14(19-11-18-13)20-16(21-15)22-8-6-17-7-9-22;1-2-3;1-2/h1-5,11,17H,6-10H2,(H,18,19,20,21);1H3;1-2H3. The molecule has 7 nitrogen and oxygen atoms in total. The summed E-state index contributed by atoms with van der Waals surface area (Å²) < 4.78 is 0. The number of fused-ring (bicyclic) bond motifs is 1. The van der Waals surface area contributed by atoms with Gasteiger partial charge in [0.25, 0.3) is 0 Å². The van der Waals surface area contributed by atoms with Crippen LogP contribution in [0.4, 0.5) is 5.95 Å². The Morgan fingerprint density at radius 3 is 2.50 bits per heavy atom. The second-order valence-electron chi connectivity index (χ2n) is 5.66. The Kier molecular flexibility index (Phi) is 9.25. The molecule has 3 aromatic rings. The second kappa shape index (κ2) is 12.0. The van der Waals surface area contributed by atoms with Crippen LogP contribution in [0.1, 0.15) is 26.3 Å². The summed E-state index contributed by atoms with van der Waals surface area (Å²) in [6, 6.07) is 12.2. The number of nitrogens with zero attached hydrogens (tertiary/aromatic N) is 5. The van der Waals surface area contributed by atoms with Gasteiger partial charge in [-0.2, -0.15) is 10.2 Å². The van der Waals surface area contributed by atoms with E-state index in [1.54, 1.807) is 24.2 Å². The summed E-state index contributed by atoms with van der Waals surface area (Å²) in [4.78, 5) is 19.1. The number of thioether (sulfide) groups is 1. The molecule has 3 heterocycles. The highest BCUT2D eigenvalue weighted by Crippen LogP contribution is 2.28. The van der Waals surface area contributed by atoms with E-state index in [-0.39, 0.29) is 0 Å². The van der Waals surface area contributed by atoms with Gasteiger partial charge in [-0.05, 0) is 5.56 Å². The zero-order chi connectivity index (χ0) is 20.2. The summed E-state index contributed by atoms with van der Waals surface area (Å²) in [7, 11) is 0. The smallest absolute Gasteiger partial charge is 0.228 e. The predicted octanol–water partition coefficient (Wildman–Crippen LogP) is 3.61. The molecule has 4 rings (SSSR count). The highest BCUT2D eigenvalue weighted by molar-refractivity contribution is 7.98. The van der Waals surface area contributed by atoms with E-state index in [0.717, 1.165) is 54.1 Å². The van der Waals surface area contributed by atoms with Crippen molar-refractivity contribution < 1.29 is 0 Å². The van der Waals surface area contributed by atoms with Crippen LogP contribution in [0.3, 0.4) is 0 Å².